The number of rotatable bonds is 8. The Balaban J connectivity index is 1.74. The molecule has 186 valence electrons. The summed E-state index contributed by atoms with van der Waals surface area (Å²) in [6, 6.07) is 17.6. The number of halogens is 2. The van der Waals surface area contributed by atoms with Crippen molar-refractivity contribution in [1.29, 1.82) is 0 Å². The van der Waals surface area contributed by atoms with Gasteiger partial charge in [-0.15, -0.1) is 0 Å². The molecule has 4 aromatic rings. The Morgan fingerprint density at radius 3 is 2.31 bits per heavy atom. The second kappa shape index (κ2) is 10.7. The Morgan fingerprint density at radius 2 is 1.69 bits per heavy atom. The molecule has 0 atom stereocenters. The van der Waals surface area contributed by atoms with Crippen LogP contribution in [0, 0.1) is 5.82 Å². The molecule has 0 bridgehead atoms. The average Bonchev–Trinajstić information content (AvgIpc) is 3.11. The van der Waals surface area contributed by atoms with Gasteiger partial charge < -0.3 is 9.84 Å². The highest BCUT2D eigenvalue weighted by Crippen LogP contribution is 2.23. The smallest absolute Gasteiger partial charge is 0.346 e. The van der Waals surface area contributed by atoms with Gasteiger partial charge in [-0.2, -0.15) is 0 Å². The van der Waals surface area contributed by atoms with Gasteiger partial charge in [-0.05, 0) is 61.4 Å². The fourth-order valence-corrected chi connectivity index (χ4v) is 3.66. The maximum atomic E-state index is 14.5. The standard InChI is InChI=1S/C26H24ClFN4O4/c1-16(2)36-23-12-11-21(13-22(23)28)29-25-30-32(15-18-3-7-19(8-4-18)24(33)34)26(35)31(25)14-17-5-9-20(27)10-6-17/h3-13,16H,14-15H2,1-2H3,(H,29,30)(H,33,34). The Labute approximate surface area is 210 Å². The molecular weight excluding hydrogens is 487 g/mol. The third kappa shape index (κ3) is 5.92. The van der Waals surface area contributed by atoms with Crippen LogP contribution in [0.4, 0.5) is 10.1 Å². The minimum atomic E-state index is -1.03. The predicted molar refractivity (Wildman–Crippen MR) is 133 cm³/mol. The molecule has 2 N–H and O–H groups in total. The molecule has 0 aliphatic heterocycles. The summed E-state index contributed by atoms with van der Waals surface area (Å²) in [4.78, 5) is 28.9. The summed E-state index contributed by atoms with van der Waals surface area (Å²) in [6.07, 6.45) is -0.182. The van der Waals surface area contributed by atoms with Crippen molar-refractivity contribution in [2.45, 2.75) is 33.0 Å². The number of benzene rings is 3. The van der Waals surface area contributed by atoms with E-state index < -0.39 is 11.8 Å². The van der Waals surface area contributed by atoms with Gasteiger partial charge in [0.15, 0.2) is 11.6 Å². The molecule has 0 radical (unpaired) electrons. The molecule has 0 fully saturated rings. The topological polar surface area (TPSA) is 102 Å². The van der Waals surface area contributed by atoms with Crippen LogP contribution in [-0.4, -0.2) is 31.5 Å². The van der Waals surface area contributed by atoms with Crippen molar-refractivity contribution in [2.75, 3.05) is 0 Å². The Bertz CT molecular complexity index is 1500. The largest absolute Gasteiger partial charge is 0.488 e. The molecule has 0 spiro atoms. The fraction of sp³-hybridized carbons (Fsp3) is 0.192. The van der Waals surface area contributed by atoms with Crippen molar-refractivity contribution in [3.63, 3.8) is 0 Å². The highest BCUT2D eigenvalue weighted by atomic mass is 35.5. The van der Waals surface area contributed by atoms with Gasteiger partial charge in [-0.25, -0.2) is 23.7 Å². The lowest BCUT2D eigenvalue weighted by atomic mass is 10.1. The monoisotopic (exact) mass is 510 g/mol. The lowest BCUT2D eigenvalue weighted by molar-refractivity contribution is 0.0697. The number of carboxylic acids is 1. The molecular formula is C26H24ClFN4O4. The molecule has 0 aliphatic carbocycles. The van der Waals surface area contributed by atoms with E-state index in [2.05, 4.69) is 10.1 Å². The second-order valence-corrected chi connectivity index (χ2v) is 8.85. The van der Waals surface area contributed by atoms with Crippen LogP contribution >= 0.6 is 11.6 Å². The maximum Gasteiger partial charge on any atom is 0.346 e. The first-order valence-electron chi connectivity index (χ1n) is 11.2. The normalized spacial score (nSPS) is 11.8. The summed E-state index contributed by atoms with van der Waals surface area (Å²) in [5.74, 6) is -1.47. The summed E-state index contributed by atoms with van der Waals surface area (Å²) >= 11 is 5.99. The number of ether oxygens (including phenoxy) is 1. The van der Waals surface area contributed by atoms with Crippen LogP contribution in [0.1, 0.15) is 35.3 Å². The number of aromatic amines is 1. The van der Waals surface area contributed by atoms with Crippen LogP contribution in [0.15, 0.2) is 76.5 Å². The number of hydrogen-bond donors (Lipinski definition) is 2. The van der Waals surface area contributed by atoms with Gasteiger partial charge in [0.2, 0.25) is 5.62 Å². The van der Waals surface area contributed by atoms with Crippen LogP contribution in [0.2, 0.25) is 5.02 Å². The quantitative estimate of drug-likeness (QED) is 0.362. The summed E-state index contributed by atoms with van der Waals surface area (Å²) < 4.78 is 22.8. The van der Waals surface area contributed by atoms with E-state index in [-0.39, 0.29) is 41.8 Å². The molecule has 8 nitrogen and oxygen atoms in total. The van der Waals surface area contributed by atoms with Crippen molar-refractivity contribution in [3.05, 3.63) is 110 Å². The van der Waals surface area contributed by atoms with E-state index in [1.54, 1.807) is 56.3 Å². The zero-order valence-corrected chi connectivity index (χ0v) is 20.4. The lowest BCUT2D eigenvalue weighted by Crippen LogP contribution is -2.30. The van der Waals surface area contributed by atoms with Crippen LogP contribution in [0.3, 0.4) is 0 Å². The highest BCUT2D eigenvalue weighted by molar-refractivity contribution is 6.30. The Hall–Kier alpha value is -4.11. The third-order valence-electron chi connectivity index (χ3n) is 5.26. The number of aromatic carboxylic acids is 1. The number of carbonyl (C=O) groups is 1. The number of aromatic nitrogens is 3. The first-order chi connectivity index (χ1) is 17.2. The van der Waals surface area contributed by atoms with E-state index in [1.165, 1.54) is 33.5 Å². The average molecular weight is 511 g/mol. The van der Waals surface area contributed by atoms with E-state index in [4.69, 9.17) is 21.4 Å². The van der Waals surface area contributed by atoms with Crippen LogP contribution < -0.4 is 16.0 Å². The minimum absolute atomic E-state index is 0.119. The van der Waals surface area contributed by atoms with Crippen molar-refractivity contribution in [3.8, 4) is 5.75 Å². The van der Waals surface area contributed by atoms with Crippen molar-refractivity contribution >= 4 is 23.3 Å². The lowest BCUT2D eigenvalue weighted by Gasteiger charge is -2.10. The van der Waals surface area contributed by atoms with E-state index in [9.17, 15) is 14.0 Å². The van der Waals surface area contributed by atoms with E-state index >= 15 is 0 Å². The van der Waals surface area contributed by atoms with Crippen molar-refractivity contribution in [2.24, 2.45) is 4.99 Å². The summed E-state index contributed by atoms with van der Waals surface area (Å²) in [5.41, 5.74) is 1.84. The Morgan fingerprint density at radius 1 is 1.06 bits per heavy atom. The number of nitrogens with one attached hydrogen (secondary N) is 1. The Kier molecular flexibility index (Phi) is 7.40. The van der Waals surface area contributed by atoms with Crippen molar-refractivity contribution in [1.82, 2.24) is 14.3 Å². The van der Waals surface area contributed by atoms with Gasteiger partial charge in [-0.3, -0.25) is 9.67 Å². The van der Waals surface area contributed by atoms with Gasteiger partial charge >= 0.3 is 11.7 Å². The van der Waals surface area contributed by atoms with Gasteiger partial charge in [0.05, 0.1) is 30.4 Å². The molecule has 0 aliphatic rings. The summed E-state index contributed by atoms with van der Waals surface area (Å²) in [5, 5.41) is 12.7. The maximum absolute atomic E-state index is 14.5. The first kappa shape index (κ1) is 25.0. The van der Waals surface area contributed by atoms with Crippen LogP contribution in [0.25, 0.3) is 0 Å². The summed E-state index contributed by atoms with van der Waals surface area (Å²) in [6.45, 7) is 3.97. The SMILES string of the molecule is CC(C)Oc1ccc(/N=c2\[nH]n(Cc3ccc(C(=O)O)cc3)c(=O)n2Cc2ccc(Cl)cc2)cc1F. The van der Waals surface area contributed by atoms with Crippen molar-refractivity contribution < 1.29 is 19.0 Å². The van der Waals surface area contributed by atoms with Gasteiger partial charge in [-0.1, -0.05) is 35.9 Å². The molecule has 4 rings (SSSR count). The molecule has 36 heavy (non-hydrogen) atoms. The molecule has 0 saturated carbocycles. The predicted octanol–water partition coefficient (Wildman–Crippen LogP) is 4.58. The zero-order valence-electron chi connectivity index (χ0n) is 19.6. The first-order valence-corrected chi connectivity index (χ1v) is 11.5. The third-order valence-corrected chi connectivity index (χ3v) is 5.51. The molecule has 1 heterocycles. The fourth-order valence-electron chi connectivity index (χ4n) is 3.54. The minimum Gasteiger partial charge on any atom is -0.488 e. The van der Waals surface area contributed by atoms with E-state index in [0.29, 0.717) is 10.7 Å². The van der Waals surface area contributed by atoms with Crippen LogP contribution in [-0.2, 0) is 13.1 Å². The molecule has 10 heteroatoms. The summed E-state index contributed by atoms with van der Waals surface area (Å²) in [7, 11) is 0. The van der Waals surface area contributed by atoms with Crippen LogP contribution in [0.5, 0.6) is 5.75 Å². The molecule has 0 unspecified atom stereocenters. The highest BCUT2D eigenvalue weighted by Gasteiger charge is 2.12. The van der Waals surface area contributed by atoms with E-state index in [1.807, 2.05) is 0 Å². The molecule has 1 aromatic heterocycles. The van der Waals surface area contributed by atoms with Gasteiger partial charge in [0.1, 0.15) is 0 Å². The van der Waals surface area contributed by atoms with Gasteiger partial charge in [0.25, 0.3) is 0 Å². The molecule has 0 amide bonds. The number of H-pyrrole nitrogens is 1. The zero-order chi connectivity index (χ0) is 25.8. The second-order valence-electron chi connectivity index (χ2n) is 8.41. The molecule has 0 saturated heterocycles. The van der Waals surface area contributed by atoms with E-state index in [0.717, 1.165) is 11.1 Å². The van der Waals surface area contributed by atoms with Gasteiger partial charge in [0, 0.05) is 11.1 Å². The molecule has 3 aromatic carbocycles. The number of nitrogens with zero attached hydrogens (tertiary/aromatic N) is 3. The number of carboxylic acid groups (broad SMARTS) is 1. The number of hydrogen-bond acceptors (Lipinski definition) is 4.